The summed E-state index contributed by atoms with van der Waals surface area (Å²) < 4.78 is 19.3. The van der Waals surface area contributed by atoms with Crippen LogP contribution in [0.4, 0.5) is 0 Å². The van der Waals surface area contributed by atoms with Crippen molar-refractivity contribution in [2.45, 2.75) is 19.4 Å². The Morgan fingerprint density at radius 2 is 2.00 bits per heavy atom. The van der Waals surface area contributed by atoms with Crippen LogP contribution in [-0.2, 0) is 0 Å². The van der Waals surface area contributed by atoms with Gasteiger partial charge in [0.2, 0.25) is 4.96 Å². The molecule has 1 atom stereocenters. The molecule has 1 aliphatic heterocycles. The van der Waals surface area contributed by atoms with Gasteiger partial charge in [-0.2, -0.15) is 9.50 Å². The molecule has 2 aromatic heterocycles. The molecule has 0 N–H and O–H groups in total. The average molecular weight is 421 g/mol. The number of hydrogen-bond acceptors (Lipinski definition) is 7. The third-order valence-electron chi connectivity index (χ3n) is 4.66. The van der Waals surface area contributed by atoms with E-state index in [9.17, 15) is 4.79 Å². The van der Waals surface area contributed by atoms with Crippen LogP contribution < -0.4 is 24.3 Å². The first kappa shape index (κ1) is 18.6. The van der Waals surface area contributed by atoms with Crippen molar-refractivity contribution < 1.29 is 14.2 Å². The lowest BCUT2D eigenvalue weighted by Crippen LogP contribution is -2.26. The summed E-state index contributed by atoms with van der Waals surface area (Å²) in [6.07, 6.45) is 2.28. The van der Waals surface area contributed by atoms with E-state index in [0.717, 1.165) is 17.7 Å². The first-order valence-electron chi connectivity index (χ1n) is 9.74. The molecule has 7 nitrogen and oxygen atoms in total. The SMILES string of the molecule is CCCOc1ccccc1/C=c1\sc2nc([C@H]3COc4ccccc4O3)nn2c1=O. The monoisotopic (exact) mass is 421 g/mol. The highest BCUT2D eigenvalue weighted by Gasteiger charge is 2.27. The number of ether oxygens (including phenoxy) is 3. The predicted octanol–water partition coefficient (Wildman–Crippen LogP) is 3.00. The molecule has 0 radical (unpaired) electrons. The normalized spacial score (nSPS) is 16.2. The minimum atomic E-state index is -0.456. The third kappa shape index (κ3) is 3.39. The Balaban J connectivity index is 1.47. The zero-order chi connectivity index (χ0) is 20.5. The van der Waals surface area contributed by atoms with E-state index in [1.807, 2.05) is 54.6 Å². The van der Waals surface area contributed by atoms with E-state index in [2.05, 4.69) is 17.0 Å². The Kier molecular flexibility index (Phi) is 4.84. The van der Waals surface area contributed by atoms with E-state index in [4.69, 9.17) is 14.2 Å². The summed E-state index contributed by atoms with van der Waals surface area (Å²) in [7, 11) is 0. The van der Waals surface area contributed by atoms with Crippen LogP contribution in [0.15, 0.2) is 53.3 Å². The molecule has 152 valence electrons. The highest BCUT2D eigenvalue weighted by atomic mass is 32.1. The molecule has 0 spiro atoms. The minimum absolute atomic E-state index is 0.212. The first-order chi connectivity index (χ1) is 14.7. The van der Waals surface area contributed by atoms with Crippen LogP contribution in [0.1, 0.15) is 30.8 Å². The van der Waals surface area contributed by atoms with E-state index in [0.29, 0.717) is 40.0 Å². The van der Waals surface area contributed by atoms with Gasteiger partial charge in [0.15, 0.2) is 23.4 Å². The van der Waals surface area contributed by atoms with Crippen LogP contribution in [0.25, 0.3) is 11.0 Å². The molecule has 30 heavy (non-hydrogen) atoms. The second-order valence-corrected chi connectivity index (χ2v) is 7.84. The van der Waals surface area contributed by atoms with Crippen molar-refractivity contribution in [3.05, 3.63) is 74.8 Å². The number of para-hydroxylation sites is 3. The Morgan fingerprint density at radius 1 is 1.20 bits per heavy atom. The van der Waals surface area contributed by atoms with Gasteiger partial charge in [-0.25, -0.2) is 0 Å². The highest BCUT2D eigenvalue weighted by Crippen LogP contribution is 2.35. The molecular weight excluding hydrogens is 402 g/mol. The van der Waals surface area contributed by atoms with E-state index < -0.39 is 6.10 Å². The molecule has 2 aromatic carbocycles. The summed E-state index contributed by atoms with van der Waals surface area (Å²) in [4.78, 5) is 17.9. The maximum Gasteiger partial charge on any atom is 0.291 e. The zero-order valence-electron chi connectivity index (χ0n) is 16.3. The maximum absolute atomic E-state index is 12.9. The number of nitrogens with zero attached hydrogens (tertiary/aromatic N) is 3. The lowest BCUT2D eigenvalue weighted by Gasteiger charge is -2.24. The van der Waals surface area contributed by atoms with Crippen molar-refractivity contribution in [2.75, 3.05) is 13.2 Å². The molecule has 0 bridgehead atoms. The molecule has 1 aliphatic rings. The predicted molar refractivity (Wildman–Crippen MR) is 113 cm³/mol. The summed E-state index contributed by atoms with van der Waals surface area (Å²) in [5.74, 6) is 2.53. The lowest BCUT2D eigenvalue weighted by molar-refractivity contribution is 0.0852. The molecule has 5 rings (SSSR count). The number of fused-ring (bicyclic) bond motifs is 2. The van der Waals surface area contributed by atoms with Gasteiger partial charge >= 0.3 is 0 Å². The Labute approximate surface area is 176 Å². The van der Waals surface area contributed by atoms with Gasteiger partial charge in [-0.05, 0) is 30.7 Å². The van der Waals surface area contributed by atoms with Crippen LogP contribution >= 0.6 is 11.3 Å². The first-order valence-corrected chi connectivity index (χ1v) is 10.6. The van der Waals surface area contributed by atoms with Crippen molar-refractivity contribution in [1.82, 2.24) is 14.6 Å². The van der Waals surface area contributed by atoms with Crippen molar-refractivity contribution in [3.63, 3.8) is 0 Å². The second kappa shape index (κ2) is 7.79. The Morgan fingerprint density at radius 3 is 2.83 bits per heavy atom. The minimum Gasteiger partial charge on any atom is -0.493 e. The molecule has 0 aliphatic carbocycles. The molecule has 4 aromatic rings. The van der Waals surface area contributed by atoms with E-state index >= 15 is 0 Å². The quantitative estimate of drug-likeness (QED) is 0.493. The molecule has 0 amide bonds. The van der Waals surface area contributed by atoms with Gasteiger partial charge in [0, 0.05) is 5.56 Å². The van der Waals surface area contributed by atoms with Gasteiger partial charge < -0.3 is 14.2 Å². The average Bonchev–Trinajstić information content (AvgIpc) is 3.32. The lowest BCUT2D eigenvalue weighted by atomic mass is 10.2. The Hall–Kier alpha value is -3.39. The number of benzene rings is 2. The van der Waals surface area contributed by atoms with Crippen molar-refractivity contribution >= 4 is 22.4 Å². The summed E-state index contributed by atoms with van der Waals surface area (Å²) in [5, 5.41) is 4.39. The number of hydrogen-bond donors (Lipinski definition) is 0. The fourth-order valence-electron chi connectivity index (χ4n) is 3.22. The van der Waals surface area contributed by atoms with Crippen molar-refractivity contribution in [3.8, 4) is 17.2 Å². The smallest absolute Gasteiger partial charge is 0.291 e. The van der Waals surface area contributed by atoms with E-state index in [-0.39, 0.29) is 5.56 Å². The largest absolute Gasteiger partial charge is 0.493 e. The molecule has 0 fully saturated rings. The Bertz CT molecular complexity index is 1310. The van der Waals surface area contributed by atoms with Crippen molar-refractivity contribution in [1.29, 1.82) is 0 Å². The fraction of sp³-hybridized carbons (Fsp3) is 0.227. The molecular formula is C22H19N3O4S. The standard InChI is InChI=1S/C22H19N3O4S/c1-2-11-27-15-8-4-3-7-14(15)12-19-21(26)25-22(30-19)23-20(24-25)18-13-28-16-9-5-6-10-17(16)29-18/h3-10,12,18H,2,11,13H2,1H3/b19-12-/t18-/m1/s1. The third-order valence-corrected chi connectivity index (χ3v) is 5.62. The van der Waals surface area contributed by atoms with Gasteiger partial charge in [-0.15, -0.1) is 5.10 Å². The van der Waals surface area contributed by atoms with E-state index in [1.54, 1.807) is 0 Å². The van der Waals surface area contributed by atoms with Gasteiger partial charge in [0.25, 0.3) is 5.56 Å². The number of aromatic nitrogens is 3. The molecule has 3 heterocycles. The molecule has 8 heteroatoms. The van der Waals surface area contributed by atoms with Gasteiger partial charge in [0.1, 0.15) is 12.4 Å². The van der Waals surface area contributed by atoms with E-state index in [1.165, 1.54) is 15.9 Å². The van der Waals surface area contributed by atoms with Crippen molar-refractivity contribution in [2.24, 2.45) is 0 Å². The maximum atomic E-state index is 12.9. The van der Waals surface area contributed by atoms with Crippen LogP contribution in [0.5, 0.6) is 17.2 Å². The molecule has 0 unspecified atom stereocenters. The zero-order valence-corrected chi connectivity index (χ0v) is 17.1. The molecule has 0 saturated heterocycles. The van der Waals surface area contributed by atoms with Crippen LogP contribution in [0.2, 0.25) is 0 Å². The molecule has 0 saturated carbocycles. The summed E-state index contributed by atoms with van der Waals surface area (Å²) in [5.41, 5.74) is 0.643. The summed E-state index contributed by atoms with van der Waals surface area (Å²) >= 11 is 1.29. The van der Waals surface area contributed by atoms with Gasteiger partial charge in [0.05, 0.1) is 11.1 Å². The second-order valence-electron chi connectivity index (χ2n) is 6.83. The van der Waals surface area contributed by atoms with Gasteiger partial charge in [-0.3, -0.25) is 4.79 Å². The van der Waals surface area contributed by atoms with Crippen LogP contribution in [0.3, 0.4) is 0 Å². The van der Waals surface area contributed by atoms with Crippen LogP contribution in [-0.4, -0.2) is 27.8 Å². The topological polar surface area (TPSA) is 74.9 Å². The summed E-state index contributed by atoms with van der Waals surface area (Å²) in [6.45, 7) is 2.98. The van der Waals surface area contributed by atoms with Crippen LogP contribution in [0, 0.1) is 0 Å². The number of thiazole rings is 1. The highest BCUT2D eigenvalue weighted by molar-refractivity contribution is 7.15. The fourth-order valence-corrected chi connectivity index (χ4v) is 4.12. The summed E-state index contributed by atoms with van der Waals surface area (Å²) in [6, 6.07) is 15.1. The van der Waals surface area contributed by atoms with Gasteiger partial charge in [-0.1, -0.05) is 48.6 Å². The number of rotatable bonds is 5.